The molecule has 172 valence electrons. The van der Waals surface area contributed by atoms with Gasteiger partial charge in [-0.25, -0.2) is 15.0 Å². The van der Waals surface area contributed by atoms with Gasteiger partial charge in [-0.05, 0) is 11.1 Å². The number of nitrogens with one attached hydrogen (secondary N) is 1. The van der Waals surface area contributed by atoms with Gasteiger partial charge in [0.1, 0.15) is 17.8 Å². The van der Waals surface area contributed by atoms with Gasteiger partial charge in [-0.1, -0.05) is 38.1 Å². The molecule has 34 heavy (non-hydrogen) atoms. The number of imidazole rings is 1. The summed E-state index contributed by atoms with van der Waals surface area (Å²) < 4.78 is 3.54. The van der Waals surface area contributed by atoms with Gasteiger partial charge in [0.05, 0.1) is 34.8 Å². The van der Waals surface area contributed by atoms with Gasteiger partial charge < -0.3 is 5.32 Å². The molecule has 4 aromatic heterocycles. The van der Waals surface area contributed by atoms with E-state index in [4.69, 9.17) is 0 Å². The van der Waals surface area contributed by atoms with Gasteiger partial charge in [0.2, 0.25) is 0 Å². The maximum Gasteiger partial charge on any atom is 0.274 e. The Morgan fingerprint density at radius 1 is 1.00 bits per heavy atom. The van der Waals surface area contributed by atoms with Crippen molar-refractivity contribution in [1.29, 1.82) is 0 Å². The predicted molar refractivity (Wildman–Crippen MR) is 130 cm³/mol. The molecule has 4 heterocycles. The average Bonchev–Trinajstić information content (AvgIpc) is 3.50. The minimum absolute atomic E-state index is 0.00533. The third kappa shape index (κ3) is 4.75. The van der Waals surface area contributed by atoms with Crippen LogP contribution >= 0.6 is 0 Å². The van der Waals surface area contributed by atoms with Gasteiger partial charge in [-0.2, -0.15) is 5.10 Å². The highest BCUT2D eigenvalue weighted by atomic mass is 16.6. The van der Waals surface area contributed by atoms with Crippen molar-refractivity contribution >= 4 is 17.2 Å². The number of rotatable bonds is 6. The van der Waals surface area contributed by atoms with E-state index < -0.39 is 4.92 Å². The Kier molecular flexibility index (Phi) is 6.58. The van der Waals surface area contributed by atoms with Crippen LogP contribution in [0.1, 0.15) is 19.4 Å². The fourth-order valence-electron chi connectivity index (χ4n) is 3.44. The monoisotopic (exact) mass is 456 g/mol. The van der Waals surface area contributed by atoms with E-state index >= 15 is 0 Å². The molecule has 0 aliphatic heterocycles. The van der Waals surface area contributed by atoms with Crippen molar-refractivity contribution in [3.05, 3.63) is 89.3 Å². The lowest BCUT2D eigenvalue weighted by Gasteiger charge is -2.08. The van der Waals surface area contributed by atoms with Gasteiger partial charge >= 0.3 is 0 Å². The lowest BCUT2D eigenvalue weighted by molar-refractivity contribution is -0.384. The number of anilines is 1. The Hall–Kier alpha value is -4.60. The second-order valence-corrected chi connectivity index (χ2v) is 7.26. The lowest BCUT2D eigenvalue weighted by atomic mass is 10.1. The summed E-state index contributed by atoms with van der Waals surface area (Å²) >= 11 is 0. The number of fused-ring (bicyclic) bond motifs is 1. The highest BCUT2D eigenvalue weighted by molar-refractivity contribution is 5.64. The molecule has 10 heteroatoms. The van der Waals surface area contributed by atoms with Crippen LogP contribution in [0, 0.1) is 10.1 Å². The second kappa shape index (κ2) is 9.90. The molecule has 0 spiro atoms. The molecule has 5 aromatic rings. The molecule has 0 aliphatic carbocycles. The van der Waals surface area contributed by atoms with Crippen LogP contribution < -0.4 is 5.32 Å². The van der Waals surface area contributed by atoms with Crippen LogP contribution in [0.5, 0.6) is 0 Å². The van der Waals surface area contributed by atoms with Crippen LogP contribution in [-0.4, -0.2) is 34.1 Å². The molecule has 0 radical (unpaired) electrons. The van der Waals surface area contributed by atoms with Crippen LogP contribution in [0.15, 0.2) is 73.6 Å². The van der Waals surface area contributed by atoms with Gasteiger partial charge in [-0.3, -0.25) is 19.2 Å². The summed E-state index contributed by atoms with van der Waals surface area (Å²) in [6.45, 7) is 4.60. The largest absolute Gasteiger partial charge is 0.366 e. The molecule has 0 aliphatic rings. The Balaban J connectivity index is 0.00000133. The molecule has 10 nitrogen and oxygen atoms in total. The summed E-state index contributed by atoms with van der Waals surface area (Å²) in [4.78, 5) is 23.4. The minimum atomic E-state index is -0.440. The maximum absolute atomic E-state index is 11.0. The maximum atomic E-state index is 11.0. The van der Waals surface area contributed by atoms with Gasteiger partial charge in [0.25, 0.3) is 5.69 Å². The second-order valence-electron chi connectivity index (χ2n) is 7.26. The predicted octanol–water partition coefficient (Wildman–Crippen LogP) is 4.74. The van der Waals surface area contributed by atoms with E-state index in [0.29, 0.717) is 23.7 Å². The zero-order valence-electron chi connectivity index (χ0n) is 19.1. The minimum Gasteiger partial charge on any atom is -0.366 e. The quantitative estimate of drug-likeness (QED) is 0.290. The van der Waals surface area contributed by atoms with Crippen LogP contribution in [0.2, 0.25) is 0 Å². The van der Waals surface area contributed by atoms with Crippen LogP contribution in [-0.2, 0) is 13.6 Å². The molecule has 0 bridgehead atoms. The third-order valence-corrected chi connectivity index (χ3v) is 5.10. The topological polar surface area (TPSA) is 116 Å². The number of aromatic nitrogens is 6. The zero-order chi connectivity index (χ0) is 24.1. The number of nitro groups is 1. The Bertz CT molecular complexity index is 1420. The summed E-state index contributed by atoms with van der Waals surface area (Å²) in [5.41, 5.74) is 5.16. The Morgan fingerprint density at radius 2 is 1.79 bits per heavy atom. The van der Waals surface area contributed by atoms with E-state index in [1.807, 2.05) is 39.4 Å². The smallest absolute Gasteiger partial charge is 0.274 e. The van der Waals surface area contributed by atoms with E-state index in [-0.39, 0.29) is 5.69 Å². The first-order chi connectivity index (χ1) is 16.6. The van der Waals surface area contributed by atoms with E-state index in [1.165, 1.54) is 18.5 Å². The molecule has 0 unspecified atom stereocenters. The molecule has 1 N–H and O–H groups in total. The number of pyridine rings is 1. The van der Waals surface area contributed by atoms with E-state index in [9.17, 15) is 10.1 Å². The summed E-state index contributed by atoms with van der Waals surface area (Å²) in [6, 6.07) is 13.0. The fourth-order valence-corrected chi connectivity index (χ4v) is 3.44. The van der Waals surface area contributed by atoms with Crippen LogP contribution in [0.25, 0.3) is 28.2 Å². The van der Waals surface area contributed by atoms with E-state index in [0.717, 1.165) is 22.4 Å². The third-order valence-electron chi connectivity index (χ3n) is 5.10. The van der Waals surface area contributed by atoms with Gasteiger partial charge in [-0.15, -0.1) is 0 Å². The lowest BCUT2D eigenvalue weighted by Crippen LogP contribution is -2.02. The first-order valence-corrected chi connectivity index (χ1v) is 10.8. The molecule has 1 aromatic carbocycles. The molecule has 0 atom stereocenters. The Morgan fingerprint density at radius 3 is 2.50 bits per heavy atom. The highest BCUT2D eigenvalue weighted by Gasteiger charge is 2.12. The average molecular weight is 457 g/mol. The van der Waals surface area contributed by atoms with Gasteiger partial charge in [0, 0.05) is 43.7 Å². The normalized spacial score (nSPS) is 10.6. The van der Waals surface area contributed by atoms with Crippen LogP contribution in [0.3, 0.4) is 0 Å². The first-order valence-electron chi connectivity index (χ1n) is 10.8. The molecule has 0 fully saturated rings. The SMILES string of the molecule is CC.Cn1cc(-c2ccc(CNc3cc(-c4cnc5cc([N+](=O)[O-])ccn45)ncn3)cc2)cn1. The number of benzene rings is 1. The van der Waals surface area contributed by atoms with Gasteiger partial charge in [0.15, 0.2) is 0 Å². The van der Waals surface area contributed by atoms with Crippen LogP contribution in [0.4, 0.5) is 11.5 Å². The molecular formula is C24H24N8O2. The number of aryl methyl sites for hydroxylation is 1. The number of hydrogen-bond acceptors (Lipinski definition) is 7. The summed E-state index contributed by atoms with van der Waals surface area (Å²) in [5.74, 6) is 0.670. The molecule has 0 amide bonds. The van der Waals surface area contributed by atoms with Crippen molar-refractivity contribution in [2.24, 2.45) is 7.05 Å². The van der Waals surface area contributed by atoms with Crippen molar-refractivity contribution in [3.8, 4) is 22.5 Å². The molecule has 0 saturated carbocycles. The van der Waals surface area contributed by atoms with Crippen molar-refractivity contribution in [2.75, 3.05) is 5.32 Å². The zero-order valence-corrected chi connectivity index (χ0v) is 19.1. The summed E-state index contributed by atoms with van der Waals surface area (Å²) in [5, 5.41) is 18.5. The summed E-state index contributed by atoms with van der Waals surface area (Å²) in [6.07, 6.45) is 8.56. The van der Waals surface area contributed by atoms with Crippen molar-refractivity contribution in [2.45, 2.75) is 20.4 Å². The van der Waals surface area contributed by atoms with E-state index in [1.54, 1.807) is 21.5 Å². The molecule has 5 rings (SSSR count). The standard InChI is InChI=1S/C22H18N8O2.C2H6/c1-28-13-17(11-27-28)16-4-2-15(3-5-16)10-23-21-9-19(25-14-26-21)20-12-24-22-8-18(30(31)32)6-7-29(20)22;1-2/h2-9,11-14H,10H2,1H3,(H,23,25,26);1-2H3. The van der Waals surface area contributed by atoms with Crippen molar-refractivity contribution in [1.82, 2.24) is 29.1 Å². The highest BCUT2D eigenvalue weighted by Crippen LogP contribution is 2.23. The molecular weight excluding hydrogens is 432 g/mol. The summed E-state index contributed by atoms with van der Waals surface area (Å²) in [7, 11) is 1.90. The van der Waals surface area contributed by atoms with Crippen molar-refractivity contribution in [3.63, 3.8) is 0 Å². The Labute approximate surface area is 196 Å². The molecule has 0 saturated heterocycles. The van der Waals surface area contributed by atoms with E-state index in [2.05, 4.69) is 49.6 Å². The van der Waals surface area contributed by atoms with Crippen molar-refractivity contribution < 1.29 is 4.92 Å². The number of hydrogen-bond donors (Lipinski definition) is 1. The first kappa shape index (κ1) is 22.6. The fraction of sp³-hybridized carbons (Fsp3) is 0.167. The number of nitrogens with zero attached hydrogens (tertiary/aromatic N) is 7.